The van der Waals surface area contributed by atoms with Crippen molar-refractivity contribution >= 4 is 29.1 Å². The van der Waals surface area contributed by atoms with Gasteiger partial charge in [-0.25, -0.2) is 0 Å². The van der Waals surface area contributed by atoms with Gasteiger partial charge in [-0.1, -0.05) is 47.1 Å². The number of thioether (sulfide) groups is 1. The Labute approximate surface area is 115 Å². The van der Waals surface area contributed by atoms with Gasteiger partial charge in [0.25, 0.3) is 0 Å². The first kappa shape index (κ1) is 13.0. The van der Waals surface area contributed by atoms with Crippen LogP contribution in [0.5, 0.6) is 0 Å². The largest absolute Gasteiger partial charge is 0.411 e. The van der Waals surface area contributed by atoms with E-state index in [1.807, 2.05) is 54.6 Å². The van der Waals surface area contributed by atoms with Crippen LogP contribution in [0.15, 0.2) is 64.6 Å². The van der Waals surface area contributed by atoms with Gasteiger partial charge >= 0.3 is 0 Å². The van der Waals surface area contributed by atoms with Crippen molar-refractivity contribution in [2.75, 3.05) is 5.75 Å². The number of rotatable bonds is 4. The summed E-state index contributed by atoms with van der Waals surface area (Å²) in [7, 11) is 0. The highest BCUT2D eigenvalue weighted by atomic mass is 35.5. The van der Waals surface area contributed by atoms with Crippen molar-refractivity contribution < 1.29 is 5.21 Å². The Morgan fingerprint density at radius 3 is 2.33 bits per heavy atom. The molecule has 1 N–H and O–H groups in total. The Hall–Kier alpha value is -1.45. The predicted octanol–water partition coefficient (Wildman–Crippen LogP) is 4.31. The van der Waals surface area contributed by atoms with Gasteiger partial charge in [-0.2, -0.15) is 0 Å². The van der Waals surface area contributed by atoms with Crippen LogP contribution in [-0.4, -0.2) is 16.7 Å². The van der Waals surface area contributed by atoms with Gasteiger partial charge in [0.05, 0.1) is 5.71 Å². The maximum atomic E-state index is 9.06. The average Bonchev–Trinajstić information content (AvgIpc) is 2.43. The minimum absolute atomic E-state index is 0.613. The second-order valence-corrected chi connectivity index (χ2v) is 5.14. The average molecular weight is 278 g/mol. The van der Waals surface area contributed by atoms with E-state index in [0.29, 0.717) is 11.5 Å². The van der Waals surface area contributed by atoms with Gasteiger partial charge in [-0.3, -0.25) is 0 Å². The van der Waals surface area contributed by atoms with E-state index >= 15 is 0 Å². The molecule has 0 spiro atoms. The molecule has 0 unspecified atom stereocenters. The van der Waals surface area contributed by atoms with Crippen molar-refractivity contribution in [2.45, 2.75) is 4.90 Å². The normalized spacial score (nSPS) is 11.5. The lowest BCUT2D eigenvalue weighted by atomic mass is 10.1. The molecule has 0 fully saturated rings. The molecule has 2 aromatic rings. The number of hydrogen-bond acceptors (Lipinski definition) is 3. The van der Waals surface area contributed by atoms with Crippen LogP contribution >= 0.6 is 23.4 Å². The maximum Gasteiger partial charge on any atom is 0.0970 e. The highest BCUT2D eigenvalue weighted by molar-refractivity contribution is 8.00. The highest BCUT2D eigenvalue weighted by Gasteiger charge is 2.04. The molecular weight excluding hydrogens is 266 g/mol. The highest BCUT2D eigenvalue weighted by Crippen LogP contribution is 2.21. The standard InChI is InChI=1S/C14H12ClNOS/c15-12-6-8-13(9-7-12)18-10-14(16-17)11-4-2-1-3-5-11/h1-9,17H,10H2. The summed E-state index contributed by atoms with van der Waals surface area (Å²) in [5, 5.41) is 13.1. The number of halogens is 1. The topological polar surface area (TPSA) is 32.6 Å². The Balaban J connectivity index is 2.03. The lowest BCUT2D eigenvalue weighted by molar-refractivity contribution is 0.319. The number of benzene rings is 2. The third kappa shape index (κ3) is 3.52. The minimum Gasteiger partial charge on any atom is -0.411 e. The molecule has 0 aliphatic heterocycles. The fourth-order valence-corrected chi connectivity index (χ4v) is 2.47. The Bertz CT molecular complexity index is 525. The van der Waals surface area contributed by atoms with E-state index in [9.17, 15) is 0 Å². The molecular formula is C14H12ClNOS. The number of nitrogens with zero attached hydrogens (tertiary/aromatic N) is 1. The summed E-state index contributed by atoms with van der Waals surface area (Å²) < 4.78 is 0. The molecule has 0 saturated heterocycles. The molecule has 0 heterocycles. The van der Waals surface area contributed by atoms with Gasteiger partial charge in [0.2, 0.25) is 0 Å². The summed E-state index contributed by atoms with van der Waals surface area (Å²) in [5.74, 6) is 0.613. The van der Waals surface area contributed by atoms with E-state index < -0.39 is 0 Å². The summed E-state index contributed by atoms with van der Waals surface area (Å²) in [5.41, 5.74) is 1.59. The molecule has 92 valence electrons. The summed E-state index contributed by atoms with van der Waals surface area (Å²) in [6, 6.07) is 17.2. The van der Waals surface area contributed by atoms with Crippen molar-refractivity contribution in [3.8, 4) is 0 Å². The molecule has 0 amide bonds. The summed E-state index contributed by atoms with van der Waals surface area (Å²) in [4.78, 5) is 1.09. The molecule has 2 nitrogen and oxygen atoms in total. The van der Waals surface area contributed by atoms with E-state index in [4.69, 9.17) is 16.8 Å². The zero-order valence-corrected chi connectivity index (χ0v) is 11.2. The zero-order chi connectivity index (χ0) is 12.8. The Morgan fingerprint density at radius 2 is 1.72 bits per heavy atom. The molecule has 0 aliphatic carbocycles. The first-order valence-electron chi connectivity index (χ1n) is 5.44. The van der Waals surface area contributed by atoms with E-state index in [-0.39, 0.29) is 0 Å². The predicted molar refractivity (Wildman–Crippen MR) is 76.9 cm³/mol. The van der Waals surface area contributed by atoms with Crippen molar-refractivity contribution in [1.82, 2.24) is 0 Å². The quantitative estimate of drug-likeness (QED) is 0.391. The van der Waals surface area contributed by atoms with Crippen LogP contribution < -0.4 is 0 Å². The molecule has 2 rings (SSSR count). The third-order valence-corrected chi connectivity index (χ3v) is 3.69. The molecule has 0 atom stereocenters. The molecule has 4 heteroatoms. The van der Waals surface area contributed by atoms with Crippen LogP contribution in [0.25, 0.3) is 0 Å². The third-order valence-electron chi connectivity index (χ3n) is 2.42. The SMILES string of the molecule is ON=C(CSc1ccc(Cl)cc1)c1ccccc1. The van der Waals surface area contributed by atoms with Gasteiger partial charge in [-0.05, 0) is 24.3 Å². The molecule has 2 aromatic carbocycles. The van der Waals surface area contributed by atoms with Gasteiger partial charge < -0.3 is 5.21 Å². The van der Waals surface area contributed by atoms with Gasteiger partial charge in [0.1, 0.15) is 0 Å². The smallest absolute Gasteiger partial charge is 0.0970 e. The summed E-state index contributed by atoms with van der Waals surface area (Å²) >= 11 is 7.43. The van der Waals surface area contributed by atoms with Crippen LogP contribution in [0.4, 0.5) is 0 Å². The zero-order valence-electron chi connectivity index (χ0n) is 9.58. The van der Waals surface area contributed by atoms with E-state index in [0.717, 1.165) is 15.5 Å². The van der Waals surface area contributed by atoms with Crippen LogP contribution in [0.1, 0.15) is 5.56 Å². The lowest BCUT2D eigenvalue weighted by Crippen LogP contribution is -2.03. The molecule has 0 aliphatic rings. The molecule has 0 saturated carbocycles. The van der Waals surface area contributed by atoms with E-state index in [1.54, 1.807) is 11.8 Å². The minimum atomic E-state index is 0.613. The van der Waals surface area contributed by atoms with Crippen LogP contribution in [0.2, 0.25) is 5.02 Å². The second-order valence-electron chi connectivity index (χ2n) is 3.66. The fraction of sp³-hybridized carbons (Fsp3) is 0.0714. The van der Waals surface area contributed by atoms with Gasteiger partial charge in [-0.15, -0.1) is 11.8 Å². The van der Waals surface area contributed by atoms with Gasteiger partial charge in [0.15, 0.2) is 0 Å². The second kappa shape index (κ2) is 6.47. The Kier molecular flexibility index (Phi) is 4.67. The van der Waals surface area contributed by atoms with E-state index in [2.05, 4.69) is 5.16 Å². The molecule has 0 aromatic heterocycles. The molecule has 18 heavy (non-hydrogen) atoms. The summed E-state index contributed by atoms with van der Waals surface area (Å²) in [6.45, 7) is 0. The number of oxime groups is 1. The lowest BCUT2D eigenvalue weighted by Gasteiger charge is -2.04. The first-order chi connectivity index (χ1) is 8.79. The Morgan fingerprint density at radius 1 is 1.06 bits per heavy atom. The van der Waals surface area contributed by atoms with Crippen LogP contribution in [-0.2, 0) is 0 Å². The van der Waals surface area contributed by atoms with E-state index in [1.165, 1.54) is 0 Å². The van der Waals surface area contributed by atoms with Gasteiger partial charge in [0, 0.05) is 21.2 Å². The fourth-order valence-electron chi connectivity index (χ4n) is 1.48. The van der Waals surface area contributed by atoms with Crippen molar-refractivity contribution in [3.05, 3.63) is 65.2 Å². The first-order valence-corrected chi connectivity index (χ1v) is 6.80. The van der Waals surface area contributed by atoms with Crippen molar-refractivity contribution in [1.29, 1.82) is 0 Å². The van der Waals surface area contributed by atoms with Crippen LogP contribution in [0, 0.1) is 0 Å². The summed E-state index contributed by atoms with van der Waals surface area (Å²) in [6.07, 6.45) is 0. The number of hydrogen-bond donors (Lipinski definition) is 1. The molecule has 0 radical (unpaired) electrons. The van der Waals surface area contributed by atoms with Crippen molar-refractivity contribution in [3.63, 3.8) is 0 Å². The van der Waals surface area contributed by atoms with Crippen LogP contribution in [0.3, 0.4) is 0 Å². The maximum absolute atomic E-state index is 9.06. The monoisotopic (exact) mass is 277 g/mol. The molecule has 0 bridgehead atoms. The van der Waals surface area contributed by atoms with Crippen molar-refractivity contribution in [2.24, 2.45) is 5.16 Å².